The van der Waals surface area contributed by atoms with Crippen LogP contribution >= 0.6 is 27.5 Å². The first-order valence-corrected chi connectivity index (χ1v) is 27.7. The van der Waals surface area contributed by atoms with E-state index in [9.17, 15) is 14.5 Å². The van der Waals surface area contributed by atoms with Gasteiger partial charge in [0.05, 0.1) is 60.4 Å². The van der Waals surface area contributed by atoms with Gasteiger partial charge in [0.25, 0.3) is 5.69 Å². The van der Waals surface area contributed by atoms with E-state index in [1.54, 1.807) is 91.8 Å². The van der Waals surface area contributed by atoms with Crippen LogP contribution in [0.15, 0.2) is 205 Å². The summed E-state index contributed by atoms with van der Waals surface area (Å²) in [6.45, 7) is 17.9. The zero-order valence-corrected chi connectivity index (χ0v) is 50.6. The van der Waals surface area contributed by atoms with Crippen molar-refractivity contribution in [3.63, 3.8) is 0 Å². The molecule has 0 bridgehead atoms. The van der Waals surface area contributed by atoms with E-state index in [1.165, 1.54) is 35.4 Å². The molecule has 0 heterocycles. The smallest absolute Gasteiger partial charge is 0.269 e. The number of halogens is 3. The van der Waals surface area contributed by atoms with Crippen molar-refractivity contribution in [1.29, 1.82) is 0 Å². The Balaban J connectivity index is 0.000000469. The SMILES string of the molecule is C[C@@H](O)c1ccc(Br)cc1.C[C@@H](O)c1ccc(CO)cc1.C[C@@H](O)c1ccc(Cl)cc1.C[C@@H](O)c1ccc(F)cc1.C[C@@H](O)c1ccc([N+](=O)[O-])cc1.C[C@@H](O)c1ccccc1.Cc1ccc([C@@H](C)O)cc1.Cc1ccc([C@@H](C)O)cc1. The average molecular weight is 1210 g/mol. The van der Waals surface area contributed by atoms with Gasteiger partial charge in [-0.15, -0.1) is 0 Å². The molecule has 0 amide bonds. The summed E-state index contributed by atoms with van der Waals surface area (Å²) in [7, 11) is 0. The monoisotopic (exact) mass is 1210 g/mol. The van der Waals surface area contributed by atoms with Crippen molar-refractivity contribution in [3.05, 3.63) is 287 Å². The number of nitrogens with zero attached hydrogens (tertiary/aromatic N) is 1. The lowest BCUT2D eigenvalue weighted by Gasteiger charge is -2.03. The second-order valence-corrected chi connectivity index (χ2v) is 20.4. The summed E-state index contributed by atoms with van der Waals surface area (Å²) in [5, 5.41) is 92.3. The van der Waals surface area contributed by atoms with Crippen LogP contribution in [0.4, 0.5) is 10.1 Å². The third kappa shape index (κ3) is 32.2. The van der Waals surface area contributed by atoms with Gasteiger partial charge in [-0.25, -0.2) is 4.39 Å². The molecule has 442 valence electrons. The van der Waals surface area contributed by atoms with Crippen LogP contribution in [0, 0.1) is 29.8 Å². The molecule has 0 aliphatic heterocycles. The minimum absolute atomic E-state index is 0.0411. The first-order chi connectivity index (χ1) is 38.6. The van der Waals surface area contributed by atoms with Gasteiger partial charge in [0, 0.05) is 21.6 Å². The summed E-state index contributed by atoms with van der Waals surface area (Å²) >= 11 is 8.95. The maximum absolute atomic E-state index is 12.3. The second kappa shape index (κ2) is 40.7. The van der Waals surface area contributed by atoms with Gasteiger partial charge in [-0.3, -0.25) is 10.1 Å². The Kier molecular flexibility index (Phi) is 36.4. The standard InChI is InChI=1S/C9H12O2.2C9H12O.C8H9BrO.C8H9ClO.C8H9FO.C8H9NO3.C8H10O/c1-7(11)9-4-2-8(6-10)3-5-9;2*1-7-3-5-9(6-4-7)8(2)10;3*1-6(10)7-2-4-8(9)5-3-7;1-6(10)7-2-4-8(5-3-7)9(11)12;1-7(9)8-5-3-2-4-6-8/h2-5,7,10-11H,6H2,1H3;2*3-6,8,10H,1-2H3;3*2-6,10H,1H3;2-6,10H,1H3;2-7,9H,1H3/t7-;2*8-;4*6-;7-/m11111111/s1. The fourth-order valence-corrected chi connectivity index (χ4v) is 6.81. The zero-order chi connectivity index (χ0) is 61.9. The summed E-state index contributed by atoms with van der Waals surface area (Å²) in [4.78, 5) is 9.76. The maximum atomic E-state index is 12.3. The Morgan fingerprint density at radius 2 is 0.646 bits per heavy atom. The van der Waals surface area contributed by atoms with Gasteiger partial charge < -0.3 is 46.0 Å². The van der Waals surface area contributed by atoms with Crippen molar-refractivity contribution in [2.24, 2.45) is 0 Å². The van der Waals surface area contributed by atoms with Gasteiger partial charge in [-0.1, -0.05) is 178 Å². The van der Waals surface area contributed by atoms with E-state index >= 15 is 0 Å². The molecule has 0 radical (unpaired) electrons. The van der Waals surface area contributed by atoms with E-state index in [2.05, 4.69) is 15.9 Å². The Morgan fingerprint density at radius 1 is 0.402 bits per heavy atom. The highest BCUT2D eigenvalue weighted by molar-refractivity contribution is 9.10. The van der Waals surface area contributed by atoms with Crippen LogP contribution in [0.25, 0.3) is 0 Å². The van der Waals surface area contributed by atoms with Gasteiger partial charge in [0.2, 0.25) is 0 Å². The number of aryl methyl sites for hydroxylation is 2. The average Bonchev–Trinajstić information content (AvgIpc) is 3.45. The van der Waals surface area contributed by atoms with Crippen molar-refractivity contribution in [3.8, 4) is 0 Å². The number of hydrogen-bond acceptors (Lipinski definition) is 11. The number of nitro groups is 1. The summed E-state index contributed by atoms with van der Waals surface area (Å²) in [5.74, 6) is -0.274. The van der Waals surface area contributed by atoms with Gasteiger partial charge in [-0.05, 0) is 168 Å². The van der Waals surface area contributed by atoms with Crippen LogP contribution < -0.4 is 0 Å². The third-order valence-electron chi connectivity index (χ3n) is 11.7. The predicted molar refractivity (Wildman–Crippen MR) is 331 cm³/mol. The molecule has 0 aliphatic rings. The van der Waals surface area contributed by atoms with Gasteiger partial charge in [-0.2, -0.15) is 0 Å². The fraction of sp³-hybridized carbons (Fsp3) is 0.284. The first kappa shape index (κ1) is 73.5. The largest absolute Gasteiger partial charge is 0.392 e. The lowest BCUT2D eigenvalue weighted by molar-refractivity contribution is -0.384. The Bertz CT molecular complexity index is 2600. The van der Waals surface area contributed by atoms with Crippen molar-refractivity contribution < 1.29 is 55.3 Å². The molecule has 8 rings (SSSR count). The second-order valence-electron chi connectivity index (χ2n) is 19.0. The maximum Gasteiger partial charge on any atom is 0.269 e. The van der Waals surface area contributed by atoms with E-state index in [1.807, 2.05) is 153 Å². The molecule has 8 aromatic rings. The molecule has 0 saturated heterocycles. The number of benzene rings is 8. The number of aliphatic hydroxyl groups is 9. The van der Waals surface area contributed by atoms with Gasteiger partial charge >= 0.3 is 0 Å². The third-order valence-corrected chi connectivity index (χ3v) is 12.5. The summed E-state index contributed by atoms with van der Waals surface area (Å²) in [6, 6.07) is 59.1. The van der Waals surface area contributed by atoms with E-state index in [0.29, 0.717) is 10.6 Å². The van der Waals surface area contributed by atoms with E-state index in [4.69, 9.17) is 57.6 Å². The van der Waals surface area contributed by atoms with Crippen LogP contribution in [0.3, 0.4) is 0 Å². The molecule has 15 heteroatoms. The minimum Gasteiger partial charge on any atom is -0.392 e. The van der Waals surface area contributed by atoms with Crippen LogP contribution in [0.5, 0.6) is 0 Å². The topological polar surface area (TPSA) is 225 Å². The van der Waals surface area contributed by atoms with Crippen LogP contribution in [-0.2, 0) is 6.61 Å². The highest BCUT2D eigenvalue weighted by Gasteiger charge is 2.07. The Hall–Kier alpha value is -6.50. The van der Waals surface area contributed by atoms with Crippen molar-refractivity contribution in [2.75, 3.05) is 0 Å². The van der Waals surface area contributed by atoms with Crippen molar-refractivity contribution >= 4 is 33.2 Å². The molecule has 0 saturated carbocycles. The summed E-state index contributed by atoms with van der Waals surface area (Å²) in [6.07, 6.45) is -3.33. The molecule has 0 unspecified atom stereocenters. The normalized spacial score (nSPS) is 13.0. The molecule has 0 aliphatic carbocycles. The van der Waals surface area contributed by atoms with Crippen molar-refractivity contribution in [1.82, 2.24) is 0 Å². The van der Waals surface area contributed by atoms with Crippen molar-refractivity contribution in [2.45, 2.75) is 125 Å². The molecular weight excluding hydrogens is 1130 g/mol. The number of aliphatic hydroxyl groups excluding tert-OH is 9. The van der Waals surface area contributed by atoms with E-state index < -0.39 is 29.3 Å². The Labute approximate surface area is 497 Å². The first-order valence-electron chi connectivity index (χ1n) is 26.5. The fourth-order valence-electron chi connectivity index (χ4n) is 6.42. The highest BCUT2D eigenvalue weighted by Crippen LogP contribution is 2.20. The van der Waals surface area contributed by atoms with Gasteiger partial charge in [0.15, 0.2) is 0 Å². The molecule has 0 spiro atoms. The molecule has 8 aromatic carbocycles. The van der Waals surface area contributed by atoms with Crippen LogP contribution in [0.2, 0.25) is 5.02 Å². The number of nitro benzene ring substituents is 1. The Morgan fingerprint density at radius 3 is 0.915 bits per heavy atom. The minimum atomic E-state index is -0.578. The van der Waals surface area contributed by atoms with Gasteiger partial charge in [0.1, 0.15) is 5.82 Å². The molecule has 8 atom stereocenters. The quantitative estimate of drug-likeness (QED) is 0.0462. The molecule has 12 nitrogen and oxygen atoms in total. The highest BCUT2D eigenvalue weighted by atomic mass is 79.9. The number of non-ortho nitro benzene ring substituents is 1. The van der Waals surface area contributed by atoms with E-state index in [0.717, 1.165) is 49.0 Å². The summed E-state index contributed by atoms with van der Waals surface area (Å²) < 4.78 is 13.3. The lowest BCUT2D eigenvalue weighted by Crippen LogP contribution is -1.92. The molecule has 82 heavy (non-hydrogen) atoms. The predicted octanol–water partition coefficient (Wildman–Crippen LogP) is 15.5. The molecule has 0 fully saturated rings. The number of rotatable bonds is 10. The van der Waals surface area contributed by atoms with Crippen LogP contribution in [0.1, 0.15) is 165 Å². The van der Waals surface area contributed by atoms with E-state index in [-0.39, 0.29) is 42.5 Å². The molecule has 0 aromatic heterocycles. The summed E-state index contributed by atoms with van der Waals surface area (Å²) in [5.41, 5.74) is 10.4. The zero-order valence-electron chi connectivity index (χ0n) is 48.3. The lowest BCUT2D eigenvalue weighted by atomic mass is 10.1. The molecule has 9 N–H and O–H groups in total. The van der Waals surface area contributed by atoms with Crippen LogP contribution in [-0.4, -0.2) is 50.9 Å². The molecular formula is C67H82BrClFNO11. The number of hydrogen-bond donors (Lipinski definition) is 9.